The second-order valence-corrected chi connectivity index (χ2v) is 7.27. The normalized spacial score (nSPS) is 11.4. The number of H-pyrrole nitrogens is 1. The van der Waals surface area contributed by atoms with Gasteiger partial charge in [0.1, 0.15) is 18.0 Å². The summed E-state index contributed by atoms with van der Waals surface area (Å²) in [6.07, 6.45) is 0. The molecule has 1 aromatic heterocycles. The number of carbonyl (C=O) groups excluding carboxylic acids is 1. The fourth-order valence-electron chi connectivity index (χ4n) is 2.77. The summed E-state index contributed by atoms with van der Waals surface area (Å²) in [6, 6.07) is 14.9. The summed E-state index contributed by atoms with van der Waals surface area (Å²) in [7, 11) is -1.83. The van der Waals surface area contributed by atoms with E-state index in [-0.39, 0.29) is 11.2 Å². The van der Waals surface area contributed by atoms with Gasteiger partial charge in [-0.2, -0.15) is 0 Å². The molecule has 27 heavy (non-hydrogen) atoms. The van der Waals surface area contributed by atoms with Crippen LogP contribution in [0.25, 0.3) is 10.9 Å². The van der Waals surface area contributed by atoms with Crippen molar-refractivity contribution in [2.24, 2.45) is 0 Å². The summed E-state index contributed by atoms with van der Waals surface area (Å²) in [5, 5.41) is 19.8. The third kappa shape index (κ3) is 4.50. The third-order valence-corrected chi connectivity index (χ3v) is 3.91. The largest absolute Gasteiger partial charge is 0.506 e. The highest BCUT2D eigenvalue weighted by Gasteiger charge is 2.29. The zero-order valence-electron chi connectivity index (χ0n) is 15.5. The molecule has 0 radical (unpaired) electrons. The third-order valence-electron chi connectivity index (χ3n) is 3.91. The standard InChI is InChI=1S/C20H22BNO5/c1-20(2,3)27-19(23)17-15-11-14(26-12-13-7-5-4-6-8-13)9-10-16(15)22-18(17)21(24)25/h4-11,22,24-25H,12H2,1-3H3. The molecule has 0 unspecified atom stereocenters. The minimum Gasteiger partial charge on any atom is -0.489 e. The van der Waals surface area contributed by atoms with Crippen molar-refractivity contribution in [1.29, 1.82) is 0 Å². The van der Waals surface area contributed by atoms with Crippen LogP contribution in [0.3, 0.4) is 0 Å². The molecular weight excluding hydrogens is 345 g/mol. The van der Waals surface area contributed by atoms with Crippen LogP contribution in [0, 0.1) is 0 Å². The van der Waals surface area contributed by atoms with Gasteiger partial charge in [-0.25, -0.2) is 4.79 Å². The van der Waals surface area contributed by atoms with Gasteiger partial charge >= 0.3 is 13.1 Å². The topological polar surface area (TPSA) is 91.8 Å². The second-order valence-electron chi connectivity index (χ2n) is 7.27. The Balaban J connectivity index is 1.96. The number of rotatable bonds is 5. The van der Waals surface area contributed by atoms with E-state index in [9.17, 15) is 14.8 Å². The Morgan fingerprint density at radius 2 is 1.81 bits per heavy atom. The Labute approximate surface area is 157 Å². The van der Waals surface area contributed by atoms with Crippen LogP contribution in [0.2, 0.25) is 0 Å². The van der Waals surface area contributed by atoms with Crippen molar-refractivity contribution < 1.29 is 24.3 Å². The summed E-state index contributed by atoms with van der Waals surface area (Å²) in [4.78, 5) is 15.5. The fourth-order valence-corrected chi connectivity index (χ4v) is 2.77. The summed E-state index contributed by atoms with van der Waals surface area (Å²) < 4.78 is 11.2. The van der Waals surface area contributed by atoms with Crippen LogP contribution in [-0.2, 0) is 11.3 Å². The van der Waals surface area contributed by atoms with Crippen LogP contribution in [0.4, 0.5) is 0 Å². The first-order valence-corrected chi connectivity index (χ1v) is 8.66. The highest BCUT2D eigenvalue weighted by atomic mass is 16.6. The molecule has 0 aliphatic heterocycles. The van der Waals surface area contributed by atoms with Crippen molar-refractivity contribution in [3.05, 3.63) is 59.7 Å². The molecule has 0 bridgehead atoms. The van der Waals surface area contributed by atoms with Crippen molar-refractivity contribution in [3.63, 3.8) is 0 Å². The molecule has 0 amide bonds. The number of hydrogen-bond acceptors (Lipinski definition) is 5. The Bertz CT molecular complexity index is 944. The first-order chi connectivity index (χ1) is 12.7. The predicted octanol–water partition coefficient (Wildman–Crippen LogP) is 2.38. The maximum Gasteiger partial charge on any atom is 0.506 e. The SMILES string of the molecule is CC(C)(C)OC(=O)c1c(B(O)O)[nH]c2ccc(OCc3ccccc3)cc12. The molecular formula is C20H22BNO5. The van der Waals surface area contributed by atoms with Gasteiger partial charge in [0, 0.05) is 10.9 Å². The highest BCUT2D eigenvalue weighted by Crippen LogP contribution is 2.25. The van der Waals surface area contributed by atoms with Crippen LogP contribution in [0.5, 0.6) is 5.75 Å². The summed E-state index contributed by atoms with van der Waals surface area (Å²) in [5.74, 6) is -0.0637. The van der Waals surface area contributed by atoms with Gasteiger partial charge in [-0.15, -0.1) is 0 Å². The molecule has 7 heteroatoms. The van der Waals surface area contributed by atoms with Gasteiger partial charge in [-0.05, 0) is 44.5 Å². The molecule has 0 atom stereocenters. The van der Waals surface area contributed by atoms with Crippen molar-refractivity contribution >= 4 is 29.6 Å². The van der Waals surface area contributed by atoms with E-state index >= 15 is 0 Å². The van der Waals surface area contributed by atoms with E-state index in [1.807, 2.05) is 30.3 Å². The zero-order valence-corrected chi connectivity index (χ0v) is 15.5. The van der Waals surface area contributed by atoms with Gasteiger partial charge in [0.15, 0.2) is 0 Å². The molecule has 3 rings (SSSR count). The number of benzene rings is 2. The molecule has 3 aromatic rings. The number of carbonyl (C=O) groups is 1. The van der Waals surface area contributed by atoms with Crippen LogP contribution in [0.15, 0.2) is 48.5 Å². The van der Waals surface area contributed by atoms with E-state index in [4.69, 9.17) is 9.47 Å². The minimum absolute atomic E-state index is 0.000501. The van der Waals surface area contributed by atoms with E-state index in [0.29, 0.717) is 23.3 Å². The quantitative estimate of drug-likeness (QED) is 0.476. The second kappa shape index (κ2) is 7.46. The van der Waals surface area contributed by atoms with Crippen molar-refractivity contribution in [3.8, 4) is 5.75 Å². The average Bonchev–Trinajstić information content (AvgIpc) is 2.98. The molecule has 0 fully saturated rings. The lowest BCUT2D eigenvalue weighted by molar-refractivity contribution is 0.00729. The van der Waals surface area contributed by atoms with Gasteiger partial charge in [0.25, 0.3) is 0 Å². The number of nitrogens with one attached hydrogen (secondary N) is 1. The van der Waals surface area contributed by atoms with Crippen molar-refractivity contribution in [1.82, 2.24) is 4.98 Å². The van der Waals surface area contributed by atoms with E-state index in [2.05, 4.69) is 4.98 Å². The molecule has 0 saturated heterocycles. The number of fused-ring (bicyclic) bond motifs is 1. The molecule has 0 spiro atoms. The molecule has 3 N–H and O–H groups in total. The summed E-state index contributed by atoms with van der Waals surface area (Å²) in [6.45, 7) is 5.64. The molecule has 6 nitrogen and oxygen atoms in total. The monoisotopic (exact) mass is 367 g/mol. The Kier molecular flexibility index (Phi) is 5.25. The minimum atomic E-state index is -1.83. The van der Waals surface area contributed by atoms with Crippen LogP contribution < -0.4 is 10.3 Å². The van der Waals surface area contributed by atoms with Crippen LogP contribution in [0.1, 0.15) is 36.7 Å². The molecule has 2 aromatic carbocycles. The lowest BCUT2D eigenvalue weighted by atomic mass is 9.83. The lowest BCUT2D eigenvalue weighted by Crippen LogP contribution is -2.37. The summed E-state index contributed by atoms with van der Waals surface area (Å²) in [5.41, 5.74) is 0.996. The van der Waals surface area contributed by atoms with Gasteiger partial charge in [-0.1, -0.05) is 30.3 Å². The van der Waals surface area contributed by atoms with Crippen LogP contribution >= 0.6 is 0 Å². The first-order valence-electron chi connectivity index (χ1n) is 8.66. The number of aromatic amines is 1. The van der Waals surface area contributed by atoms with Gasteiger partial charge in [0.2, 0.25) is 0 Å². The lowest BCUT2D eigenvalue weighted by Gasteiger charge is -2.19. The maximum absolute atomic E-state index is 12.6. The predicted molar refractivity (Wildman–Crippen MR) is 104 cm³/mol. The van der Waals surface area contributed by atoms with E-state index in [0.717, 1.165) is 5.56 Å². The number of hydrogen-bond donors (Lipinski definition) is 3. The highest BCUT2D eigenvalue weighted by molar-refractivity contribution is 6.60. The first kappa shape index (κ1) is 19.0. The fraction of sp³-hybridized carbons (Fsp3) is 0.250. The van der Waals surface area contributed by atoms with Gasteiger partial charge < -0.3 is 24.5 Å². The molecule has 0 saturated carbocycles. The van der Waals surface area contributed by atoms with Crippen molar-refractivity contribution in [2.45, 2.75) is 33.0 Å². The number of ether oxygens (including phenoxy) is 2. The average molecular weight is 367 g/mol. The number of esters is 1. The molecule has 140 valence electrons. The van der Waals surface area contributed by atoms with E-state index in [1.165, 1.54) is 0 Å². The van der Waals surface area contributed by atoms with Crippen LogP contribution in [-0.4, -0.2) is 33.7 Å². The van der Waals surface area contributed by atoms with E-state index in [1.54, 1.807) is 39.0 Å². The van der Waals surface area contributed by atoms with Crippen molar-refractivity contribution in [2.75, 3.05) is 0 Å². The maximum atomic E-state index is 12.6. The Hall–Kier alpha value is -2.77. The molecule has 0 aliphatic carbocycles. The van der Waals surface area contributed by atoms with Gasteiger partial charge in [-0.3, -0.25) is 0 Å². The molecule has 0 aliphatic rings. The number of aromatic nitrogens is 1. The Morgan fingerprint density at radius 3 is 2.44 bits per heavy atom. The zero-order chi connectivity index (χ0) is 19.6. The molecule has 1 heterocycles. The Morgan fingerprint density at radius 1 is 1.11 bits per heavy atom. The van der Waals surface area contributed by atoms with E-state index < -0.39 is 18.7 Å². The summed E-state index contributed by atoms with van der Waals surface area (Å²) >= 11 is 0. The van der Waals surface area contributed by atoms with Gasteiger partial charge in [0.05, 0.1) is 11.2 Å². The smallest absolute Gasteiger partial charge is 0.489 e.